The van der Waals surface area contributed by atoms with Crippen LogP contribution in [0.5, 0.6) is 5.75 Å². The number of likely N-dealkylation sites (tertiary alicyclic amines) is 1. The molecular weight excluding hydrogens is 316 g/mol. The zero-order valence-corrected chi connectivity index (χ0v) is 14.2. The van der Waals surface area contributed by atoms with Crippen molar-refractivity contribution in [2.24, 2.45) is 17.8 Å². The largest absolute Gasteiger partial charge is 0.494 e. The minimum Gasteiger partial charge on any atom is -0.494 e. The van der Waals surface area contributed by atoms with Gasteiger partial charge < -0.3 is 9.64 Å². The van der Waals surface area contributed by atoms with E-state index in [-0.39, 0.29) is 0 Å². The molecule has 25 heavy (non-hydrogen) atoms. The summed E-state index contributed by atoms with van der Waals surface area (Å²) in [7, 11) is 0. The lowest BCUT2D eigenvalue weighted by Gasteiger charge is -2.28. The topological polar surface area (TPSA) is 79.9 Å². The first-order valence-corrected chi connectivity index (χ1v) is 8.94. The van der Waals surface area contributed by atoms with Crippen LogP contribution in [0.25, 0.3) is 5.69 Å². The van der Waals surface area contributed by atoms with Gasteiger partial charge in [0.05, 0.1) is 12.3 Å². The molecular formula is C18H22N6O. The number of aromatic nitrogens is 4. The molecule has 4 rings (SSSR count). The molecule has 2 aromatic rings. The molecule has 7 heteroatoms. The van der Waals surface area contributed by atoms with Crippen LogP contribution in [0.3, 0.4) is 0 Å². The van der Waals surface area contributed by atoms with Crippen molar-refractivity contribution < 1.29 is 4.74 Å². The van der Waals surface area contributed by atoms with Crippen LogP contribution >= 0.6 is 0 Å². The summed E-state index contributed by atoms with van der Waals surface area (Å²) in [6.45, 7) is 2.64. The molecule has 0 radical (unpaired) electrons. The number of tetrazole rings is 1. The Hall–Kier alpha value is -2.62. The summed E-state index contributed by atoms with van der Waals surface area (Å²) in [4.78, 5) is 1.88. The molecule has 1 aromatic carbocycles. The van der Waals surface area contributed by atoms with E-state index in [9.17, 15) is 0 Å². The van der Waals surface area contributed by atoms with Gasteiger partial charge in [-0.05, 0) is 78.1 Å². The Morgan fingerprint density at radius 1 is 1.20 bits per heavy atom. The molecule has 0 bridgehead atoms. The molecule has 0 spiro atoms. The van der Waals surface area contributed by atoms with Crippen molar-refractivity contribution in [2.75, 3.05) is 19.7 Å². The molecule has 130 valence electrons. The van der Waals surface area contributed by atoms with Crippen molar-refractivity contribution in [3.63, 3.8) is 0 Å². The summed E-state index contributed by atoms with van der Waals surface area (Å²) in [5, 5.41) is 20.1. The van der Waals surface area contributed by atoms with Gasteiger partial charge in [-0.3, -0.25) is 0 Å². The Balaban J connectivity index is 1.19. The van der Waals surface area contributed by atoms with Gasteiger partial charge >= 0.3 is 0 Å². The molecule has 2 fully saturated rings. The normalized spacial score (nSPS) is 23.2. The molecule has 7 nitrogen and oxygen atoms in total. The lowest BCUT2D eigenvalue weighted by Crippen LogP contribution is -2.30. The number of hydrogen-bond acceptors (Lipinski definition) is 6. The number of ether oxygens (including phenoxy) is 1. The lowest BCUT2D eigenvalue weighted by atomic mass is 9.91. The Morgan fingerprint density at radius 2 is 2.00 bits per heavy atom. The second-order valence-electron chi connectivity index (χ2n) is 6.97. The second kappa shape index (κ2) is 7.09. The van der Waals surface area contributed by atoms with Gasteiger partial charge in [0.15, 0.2) is 6.19 Å². The third-order valence-electron chi connectivity index (χ3n) is 5.47. The summed E-state index contributed by atoms with van der Waals surface area (Å²) in [6, 6.07) is 7.82. The van der Waals surface area contributed by atoms with Crippen molar-refractivity contribution in [1.82, 2.24) is 25.1 Å². The summed E-state index contributed by atoms with van der Waals surface area (Å²) < 4.78 is 7.51. The summed E-state index contributed by atoms with van der Waals surface area (Å²) in [5.74, 6) is 3.35. The monoisotopic (exact) mass is 338 g/mol. The maximum absolute atomic E-state index is 8.93. The van der Waals surface area contributed by atoms with Gasteiger partial charge in [-0.15, -0.1) is 5.10 Å². The first kappa shape index (κ1) is 15.9. The Labute approximate surface area is 147 Å². The molecule has 1 saturated heterocycles. The predicted octanol–water partition coefficient (Wildman–Crippen LogP) is 2.26. The maximum Gasteiger partial charge on any atom is 0.179 e. The minimum absolute atomic E-state index is 0.766. The van der Waals surface area contributed by atoms with E-state index in [2.05, 4.69) is 21.7 Å². The van der Waals surface area contributed by atoms with E-state index < -0.39 is 0 Å². The van der Waals surface area contributed by atoms with Gasteiger partial charge in [-0.1, -0.05) is 0 Å². The predicted molar refractivity (Wildman–Crippen MR) is 90.8 cm³/mol. The number of rotatable bonds is 6. The van der Waals surface area contributed by atoms with E-state index in [1.165, 1.54) is 19.3 Å². The van der Waals surface area contributed by atoms with E-state index >= 15 is 0 Å². The fourth-order valence-electron chi connectivity index (χ4n) is 3.91. The van der Waals surface area contributed by atoms with Crippen molar-refractivity contribution in [3.8, 4) is 17.6 Å². The molecule has 2 aliphatic rings. The van der Waals surface area contributed by atoms with Crippen LogP contribution in [0.4, 0.5) is 0 Å². The zero-order chi connectivity index (χ0) is 17.1. The standard InChI is InChI=1S/C18H22N6O/c19-12-23-8-5-14(6-9-23)18-11-15(18)7-10-25-17-3-1-16(2-4-17)24-13-20-21-22-24/h1-4,13-15,18H,5-11H2. The van der Waals surface area contributed by atoms with Gasteiger partial charge in [0.25, 0.3) is 0 Å². The van der Waals surface area contributed by atoms with Gasteiger partial charge in [0.1, 0.15) is 12.1 Å². The average molecular weight is 338 g/mol. The van der Waals surface area contributed by atoms with Crippen LogP contribution in [-0.2, 0) is 0 Å². The highest BCUT2D eigenvalue weighted by atomic mass is 16.5. The number of piperidine rings is 1. The highest BCUT2D eigenvalue weighted by molar-refractivity contribution is 5.36. The van der Waals surface area contributed by atoms with Crippen molar-refractivity contribution in [1.29, 1.82) is 5.26 Å². The van der Waals surface area contributed by atoms with Crippen LogP contribution in [0.15, 0.2) is 30.6 Å². The third kappa shape index (κ3) is 3.73. The fourth-order valence-corrected chi connectivity index (χ4v) is 3.91. The van der Waals surface area contributed by atoms with Crippen molar-refractivity contribution >= 4 is 0 Å². The summed E-state index contributed by atoms with van der Waals surface area (Å²) >= 11 is 0. The van der Waals surface area contributed by atoms with Gasteiger partial charge in [0, 0.05) is 13.1 Å². The van der Waals surface area contributed by atoms with Crippen LogP contribution in [0.2, 0.25) is 0 Å². The second-order valence-corrected chi connectivity index (χ2v) is 6.97. The highest BCUT2D eigenvalue weighted by Crippen LogP contribution is 2.49. The van der Waals surface area contributed by atoms with Crippen LogP contribution in [0, 0.1) is 29.2 Å². The molecule has 0 amide bonds. The van der Waals surface area contributed by atoms with Crippen molar-refractivity contribution in [2.45, 2.75) is 25.7 Å². The van der Waals surface area contributed by atoms with Gasteiger partial charge in [-0.2, -0.15) is 5.26 Å². The van der Waals surface area contributed by atoms with E-state index in [0.717, 1.165) is 55.3 Å². The van der Waals surface area contributed by atoms with E-state index in [0.29, 0.717) is 0 Å². The maximum atomic E-state index is 8.93. The SMILES string of the molecule is N#CN1CCC(C2CC2CCOc2ccc(-n3cnnn3)cc2)CC1. The smallest absolute Gasteiger partial charge is 0.179 e. The number of nitrogens with zero attached hydrogens (tertiary/aromatic N) is 6. The average Bonchev–Trinajstić information content (AvgIpc) is 3.22. The third-order valence-corrected chi connectivity index (χ3v) is 5.47. The van der Waals surface area contributed by atoms with E-state index in [4.69, 9.17) is 10.00 Å². The zero-order valence-electron chi connectivity index (χ0n) is 14.2. The Morgan fingerprint density at radius 3 is 2.68 bits per heavy atom. The molecule has 2 atom stereocenters. The molecule has 1 saturated carbocycles. The molecule has 1 aliphatic carbocycles. The Bertz CT molecular complexity index is 715. The fraction of sp³-hybridized carbons (Fsp3) is 0.556. The van der Waals surface area contributed by atoms with E-state index in [1.54, 1.807) is 11.0 Å². The highest BCUT2D eigenvalue weighted by Gasteiger charge is 2.43. The molecule has 0 N–H and O–H groups in total. The lowest BCUT2D eigenvalue weighted by molar-refractivity contribution is 0.221. The molecule has 1 aromatic heterocycles. The van der Waals surface area contributed by atoms with Crippen LogP contribution in [-0.4, -0.2) is 44.8 Å². The van der Waals surface area contributed by atoms with Crippen LogP contribution < -0.4 is 4.74 Å². The first-order valence-electron chi connectivity index (χ1n) is 8.94. The first-order chi connectivity index (χ1) is 12.3. The minimum atomic E-state index is 0.766. The molecule has 1 aliphatic heterocycles. The van der Waals surface area contributed by atoms with Crippen molar-refractivity contribution in [3.05, 3.63) is 30.6 Å². The summed E-state index contributed by atoms with van der Waals surface area (Å²) in [5.41, 5.74) is 0.920. The summed E-state index contributed by atoms with van der Waals surface area (Å²) in [6.07, 6.45) is 8.64. The number of hydrogen-bond donors (Lipinski definition) is 0. The molecule has 2 unspecified atom stereocenters. The van der Waals surface area contributed by atoms with Gasteiger partial charge in [0.2, 0.25) is 0 Å². The number of benzene rings is 1. The van der Waals surface area contributed by atoms with E-state index in [1.807, 2.05) is 29.2 Å². The number of nitriles is 1. The molecule has 2 heterocycles. The van der Waals surface area contributed by atoms with Crippen LogP contribution in [0.1, 0.15) is 25.7 Å². The quantitative estimate of drug-likeness (QED) is 0.752. The Kier molecular flexibility index (Phi) is 4.51. The van der Waals surface area contributed by atoms with Gasteiger partial charge in [-0.25, -0.2) is 4.68 Å².